The summed E-state index contributed by atoms with van der Waals surface area (Å²) in [7, 11) is 2.12. The zero-order valence-electron chi connectivity index (χ0n) is 17.4. The highest BCUT2D eigenvalue weighted by Gasteiger charge is 2.27. The highest BCUT2D eigenvalue weighted by Crippen LogP contribution is 2.33. The lowest BCUT2D eigenvalue weighted by atomic mass is 9.97. The summed E-state index contributed by atoms with van der Waals surface area (Å²) in [5, 5.41) is 5.70. The number of hydrogen-bond acceptors (Lipinski definition) is 4. The number of anilines is 1. The number of rotatable bonds is 4. The van der Waals surface area contributed by atoms with E-state index in [1.165, 1.54) is 6.07 Å². The van der Waals surface area contributed by atoms with Crippen LogP contribution in [0.15, 0.2) is 12.3 Å². The molecular weight excluding hydrogens is 385 g/mol. The van der Waals surface area contributed by atoms with Crippen molar-refractivity contribution < 1.29 is 14.0 Å². The maximum atomic E-state index is 13.6. The van der Waals surface area contributed by atoms with Gasteiger partial charge in [0.25, 0.3) is 11.8 Å². The number of amides is 2. The number of aromatic amines is 1. The average molecular weight is 411 g/mol. The van der Waals surface area contributed by atoms with E-state index in [0.717, 1.165) is 43.4 Å². The molecule has 1 saturated heterocycles. The lowest BCUT2D eigenvalue weighted by Gasteiger charge is -2.28. The van der Waals surface area contributed by atoms with Gasteiger partial charge in [0.15, 0.2) is 0 Å². The molecule has 0 radical (unpaired) electrons. The minimum atomic E-state index is -0.510. The Morgan fingerprint density at radius 2 is 2.10 bits per heavy atom. The van der Waals surface area contributed by atoms with Crippen LogP contribution < -0.4 is 10.6 Å². The highest BCUT2D eigenvalue weighted by atomic mass is 19.1. The summed E-state index contributed by atoms with van der Waals surface area (Å²) in [6.07, 6.45) is 4.88. The lowest BCUT2D eigenvalue weighted by molar-refractivity contribution is -0.110. The van der Waals surface area contributed by atoms with Crippen LogP contribution in [-0.2, 0) is 4.79 Å². The van der Waals surface area contributed by atoms with E-state index in [9.17, 15) is 14.0 Å². The number of halogens is 1. The molecule has 7 nitrogen and oxygen atoms in total. The topological polar surface area (TPSA) is 90.1 Å². The zero-order valence-corrected chi connectivity index (χ0v) is 17.4. The molecule has 3 N–H and O–H groups in total. The van der Waals surface area contributed by atoms with Gasteiger partial charge in [-0.2, -0.15) is 0 Å². The van der Waals surface area contributed by atoms with E-state index in [4.69, 9.17) is 0 Å². The summed E-state index contributed by atoms with van der Waals surface area (Å²) >= 11 is 0. The largest absolute Gasteiger partial charge is 0.358 e. The normalized spacial score (nSPS) is 18.5. The molecule has 2 aromatic heterocycles. The highest BCUT2D eigenvalue weighted by molar-refractivity contribution is 6.34. The van der Waals surface area contributed by atoms with Crippen molar-refractivity contribution in [2.75, 3.05) is 32.0 Å². The third-order valence-electron chi connectivity index (χ3n) is 6.00. The summed E-state index contributed by atoms with van der Waals surface area (Å²) in [6.45, 7) is 6.45. The first-order valence-electron chi connectivity index (χ1n) is 10.2. The average Bonchev–Trinajstić information content (AvgIpc) is 3.17. The van der Waals surface area contributed by atoms with Gasteiger partial charge < -0.3 is 20.5 Å². The van der Waals surface area contributed by atoms with Crippen LogP contribution in [0.5, 0.6) is 0 Å². The second kappa shape index (κ2) is 8.02. The molecule has 1 fully saturated rings. The molecule has 2 aromatic rings. The number of hydrogen-bond donors (Lipinski definition) is 3. The van der Waals surface area contributed by atoms with Crippen LogP contribution in [0.25, 0.3) is 11.6 Å². The van der Waals surface area contributed by atoms with Gasteiger partial charge in [-0.1, -0.05) is 0 Å². The first-order chi connectivity index (χ1) is 14.3. The van der Waals surface area contributed by atoms with Crippen LogP contribution in [0.4, 0.5) is 10.2 Å². The van der Waals surface area contributed by atoms with E-state index in [1.54, 1.807) is 6.08 Å². The predicted molar refractivity (Wildman–Crippen MR) is 114 cm³/mol. The standard InChI is InChI=1S/C22H26FN5O2/c1-12-18(9-17-16-8-15(23)11-24-20(16)27-21(17)29)26-13(2)19(12)22(30)25-10-14-4-6-28(3)7-5-14/h8-9,11,14,26H,4-7,10H2,1-3H3,(H,25,30)(H,24,27,29)/b17-9-. The van der Waals surface area contributed by atoms with E-state index >= 15 is 0 Å². The molecule has 0 spiro atoms. The van der Waals surface area contributed by atoms with Gasteiger partial charge in [0, 0.05) is 23.5 Å². The number of carbonyl (C=O) groups excluding carboxylic acids is 2. The third kappa shape index (κ3) is 3.87. The van der Waals surface area contributed by atoms with Gasteiger partial charge in [0.05, 0.1) is 17.3 Å². The number of aromatic nitrogens is 2. The zero-order chi connectivity index (χ0) is 21.4. The van der Waals surface area contributed by atoms with Crippen LogP contribution in [0, 0.1) is 25.6 Å². The van der Waals surface area contributed by atoms with Crippen molar-refractivity contribution in [2.45, 2.75) is 26.7 Å². The van der Waals surface area contributed by atoms with Gasteiger partial charge in [0.2, 0.25) is 0 Å². The van der Waals surface area contributed by atoms with E-state index in [2.05, 4.69) is 32.5 Å². The summed E-state index contributed by atoms with van der Waals surface area (Å²) in [5.74, 6) is -0.140. The molecule has 4 heterocycles. The monoisotopic (exact) mass is 411 g/mol. The summed E-state index contributed by atoms with van der Waals surface area (Å²) in [4.78, 5) is 34.6. The molecule has 158 valence electrons. The maximum Gasteiger partial charge on any atom is 0.257 e. The molecule has 0 bridgehead atoms. The Labute approximate surface area is 174 Å². The van der Waals surface area contributed by atoms with Gasteiger partial charge in [-0.05, 0) is 70.5 Å². The van der Waals surface area contributed by atoms with Crippen LogP contribution in [0.3, 0.4) is 0 Å². The number of nitrogens with one attached hydrogen (secondary N) is 3. The quantitative estimate of drug-likeness (QED) is 0.675. The molecule has 4 rings (SSSR count). The predicted octanol–water partition coefficient (Wildman–Crippen LogP) is 2.73. The van der Waals surface area contributed by atoms with Crippen LogP contribution >= 0.6 is 0 Å². The Hall–Kier alpha value is -3.00. The number of pyridine rings is 1. The first kappa shape index (κ1) is 20.3. The van der Waals surface area contributed by atoms with E-state index in [1.807, 2.05) is 13.8 Å². The number of nitrogens with zero attached hydrogens (tertiary/aromatic N) is 2. The second-order valence-corrected chi connectivity index (χ2v) is 8.18. The number of aryl methyl sites for hydroxylation is 1. The molecule has 0 aromatic carbocycles. The van der Waals surface area contributed by atoms with Gasteiger partial charge in [-0.3, -0.25) is 9.59 Å². The summed E-state index contributed by atoms with van der Waals surface area (Å²) in [6, 6.07) is 1.28. The van der Waals surface area contributed by atoms with Crippen LogP contribution in [-0.4, -0.2) is 53.4 Å². The molecule has 2 aliphatic rings. The lowest BCUT2D eigenvalue weighted by Crippen LogP contribution is -2.37. The minimum Gasteiger partial charge on any atom is -0.358 e. The number of piperidine rings is 1. The molecule has 8 heteroatoms. The molecule has 2 amide bonds. The fourth-order valence-corrected chi connectivity index (χ4v) is 4.18. The Morgan fingerprint density at radius 3 is 2.83 bits per heavy atom. The number of carbonyl (C=O) groups is 2. The number of fused-ring (bicyclic) bond motifs is 1. The molecule has 0 unspecified atom stereocenters. The Morgan fingerprint density at radius 1 is 1.37 bits per heavy atom. The molecule has 0 atom stereocenters. The first-order valence-corrected chi connectivity index (χ1v) is 10.2. The van der Waals surface area contributed by atoms with Gasteiger partial charge in [-0.25, -0.2) is 9.37 Å². The van der Waals surface area contributed by atoms with Crippen molar-refractivity contribution in [2.24, 2.45) is 5.92 Å². The third-order valence-corrected chi connectivity index (χ3v) is 6.00. The van der Waals surface area contributed by atoms with Crippen molar-refractivity contribution in [1.82, 2.24) is 20.2 Å². The summed E-state index contributed by atoms with van der Waals surface area (Å²) < 4.78 is 13.6. The molecule has 30 heavy (non-hydrogen) atoms. The van der Waals surface area contributed by atoms with Crippen LogP contribution in [0.1, 0.15) is 45.7 Å². The molecule has 0 aliphatic carbocycles. The summed E-state index contributed by atoms with van der Waals surface area (Å²) in [5.41, 5.74) is 3.47. The van der Waals surface area contributed by atoms with Gasteiger partial charge in [-0.15, -0.1) is 0 Å². The van der Waals surface area contributed by atoms with Crippen molar-refractivity contribution in [3.05, 3.63) is 46.2 Å². The van der Waals surface area contributed by atoms with Crippen molar-refractivity contribution in [1.29, 1.82) is 0 Å². The maximum absolute atomic E-state index is 13.6. The Balaban J connectivity index is 1.54. The smallest absolute Gasteiger partial charge is 0.257 e. The van der Waals surface area contributed by atoms with Crippen molar-refractivity contribution in [3.63, 3.8) is 0 Å². The fraction of sp³-hybridized carbons (Fsp3) is 0.409. The van der Waals surface area contributed by atoms with Crippen molar-refractivity contribution in [3.8, 4) is 0 Å². The number of likely N-dealkylation sites (tertiary alicyclic amines) is 1. The molecule has 2 aliphatic heterocycles. The Bertz CT molecular complexity index is 1030. The van der Waals surface area contributed by atoms with Gasteiger partial charge in [0.1, 0.15) is 11.6 Å². The van der Waals surface area contributed by atoms with Crippen molar-refractivity contribution >= 4 is 29.3 Å². The second-order valence-electron chi connectivity index (χ2n) is 8.18. The van der Waals surface area contributed by atoms with Crippen LogP contribution in [0.2, 0.25) is 0 Å². The van der Waals surface area contributed by atoms with E-state index in [-0.39, 0.29) is 11.8 Å². The minimum absolute atomic E-state index is 0.117. The number of H-pyrrole nitrogens is 1. The Kier molecular flexibility index (Phi) is 5.42. The SMILES string of the molecule is Cc1[nH]c(/C=C2\C(=O)Nc3ncc(F)cc32)c(C)c1C(=O)NCC1CCN(C)CC1. The fourth-order valence-electron chi connectivity index (χ4n) is 4.18. The van der Waals surface area contributed by atoms with Gasteiger partial charge >= 0.3 is 0 Å². The van der Waals surface area contributed by atoms with E-state index < -0.39 is 5.82 Å². The molecular formula is C22H26FN5O2. The van der Waals surface area contributed by atoms with E-state index in [0.29, 0.717) is 40.7 Å². The molecule has 0 saturated carbocycles.